The van der Waals surface area contributed by atoms with E-state index in [-0.39, 0.29) is 10.8 Å². The van der Waals surface area contributed by atoms with Gasteiger partial charge < -0.3 is 15.1 Å². The first kappa shape index (κ1) is 16.6. The van der Waals surface area contributed by atoms with Crippen molar-refractivity contribution in [3.8, 4) is 0 Å². The van der Waals surface area contributed by atoms with Gasteiger partial charge >= 0.3 is 0 Å². The zero-order valence-electron chi connectivity index (χ0n) is 14.1. The maximum absolute atomic E-state index is 14.3. The van der Waals surface area contributed by atoms with Crippen molar-refractivity contribution in [2.45, 2.75) is 13.1 Å². The van der Waals surface area contributed by atoms with Crippen molar-refractivity contribution in [1.29, 1.82) is 0 Å². The third-order valence-electron chi connectivity index (χ3n) is 4.92. The van der Waals surface area contributed by atoms with Crippen LogP contribution in [0.1, 0.15) is 11.1 Å². The molecule has 0 atom stereocenters. The topological polar surface area (TPSA) is 30.5 Å². The van der Waals surface area contributed by atoms with Crippen molar-refractivity contribution in [1.82, 2.24) is 10.6 Å². The second-order valence-corrected chi connectivity index (χ2v) is 6.91. The molecule has 25 heavy (non-hydrogen) atoms. The van der Waals surface area contributed by atoms with Crippen LogP contribution in [0.5, 0.6) is 0 Å². The number of benzene rings is 2. The minimum Gasteiger partial charge on any atom is -0.369 e. The molecule has 0 aromatic heterocycles. The number of anilines is 2. The van der Waals surface area contributed by atoms with Gasteiger partial charge in [0.1, 0.15) is 5.82 Å². The van der Waals surface area contributed by atoms with Crippen molar-refractivity contribution in [3.05, 3.63) is 58.4 Å². The Balaban J connectivity index is 1.64. The second kappa shape index (κ2) is 7.20. The van der Waals surface area contributed by atoms with Crippen LogP contribution in [-0.4, -0.2) is 32.8 Å². The minimum atomic E-state index is -0.324. The first-order valence-electron chi connectivity index (χ1n) is 8.70. The summed E-state index contributed by atoms with van der Waals surface area (Å²) in [5.74, 6) is -0.324. The van der Waals surface area contributed by atoms with Crippen LogP contribution in [0, 0.1) is 5.82 Å². The Labute approximate surface area is 152 Å². The van der Waals surface area contributed by atoms with E-state index in [1.807, 2.05) is 0 Å². The van der Waals surface area contributed by atoms with E-state index in [1.54, 1.807) is 18.2 Å². The Bertz CT molecular complexity index is 761. The summed E-state index contributed by atoms with van der Waals surface area (Å²) in [4.78, 5) is 4.61. The first-order valence-corrected chi connectivity index (χ1v) is 9.08. The average Bonchev–Trinajstić information content (AvgIpc) is 2.66. The number of rotatable bonds is 3. The summed E-state index contributed by atoms with van der Waals surface area (Å²) in [5, 5.41) is 7.03. The van der Waals surface area contributed by atoms with Gasteiger partial charge in [-0.25, -0.2) is 4.39 Å². The number of hydrogen-bond acceptors (Lipinski definition) is 4. The van der Waals surface area contributed by atoms with Crippen LogP contribution in [-0.2, 0) is 13.1 Å². The summed E-state index contributed by atoms with van der Waals surface area (Å²) in [5.41, 5.74) is 4.37. The number of fused-ring (bicyclic) bond motifs is 1. The SMILES string of the molecule is Fc1c(Cl)cccc1CN1CNCc2c(N3CCNCC3)cccc21. The van der Waals surface area contributed by atoms with E-state index in [2.05, 4.69) is 38.6 Å². The summed E-state index contributed by atoms with van der Waals surface area (Å²) < 4.78 is 14.3. The predicted octanol–water partition coefficient (Wildman–Crippen LogP) is 2.96. The molecule has 2 aliphatic rings. The van der Waals surface area contributed by atoms with Gasteiger partial charge in [0.05, 0.1) is 11.7 Å². The van der Waals surface area contributed by atoms with E-state index in [9.17, 15) is 4.39 Å². The Kier molecular flexibility index (Phi) is 4.79. The zero-order chi connectivity index (χ0) is 17.2. The van der Waals surface area contributed by atoms with Gasteiger partial charge in [-0.05, 0) is 18.2 Å². The van der Waals surface area contributed by atoms with Crippen molar-refractivity contribution in [2.75, 3.05) is 42.6 Å². The molecule has 2 aliphatic heterocycles. The largest absolute Gasteiger partial charge is 0.369 e. The highest BCUT2D eigenvalue weighted by Crippen LogP contribution is 2.34. The third-order valence-corrected chi connectivity index (χ3v) is 5.21. The minimum absolute atomic E-state index is 0.178. The number of nitrogens with one attached hydrogen (secondary N) is 2. The van der Waals surface area contributed by atoms with Crippen LogP contribution >= 0.6 is 11.6 Å². The highest BCUT2D eigenvalue weighted by molar-refractivity contribution is 6.30. The molecule has 1 fully saturated rings. The predicted molar refractivity (Wildman–Crippen MR) is 101 cm³/mol. The number of piperazine rings is 1. The normalized spacial score (nSPS) is 17.5. The van der Waals surface area contributed by atoms with Gasteiger partial charge in [0, 0.05) is 61.8 Å². The quantitative estimate of drug-likeness (QED) is 0.881. The molecule has 4 nitrogen and oxygen atoms in total. The van der Waals surface area contributed by atoms with Crippen LogP contribution in [0.2, 0.25) is 5.02 Å². The molecule has 0 saturated carbocycles. The van der Waals surface area contributed by atoms with E-state index in [4.69, 9.17) is 11.6 Å². The van der Waals surface area contributed by atoms with E-state index in [0.29, 0.717) is 18.8 Å². The second-order valence-electron chi connectivity index (χ2n) is 6.51. The molecule has 0 bridgehead atoms. The summed E-state index contributed by atoms with van der Waals surface area (Å²) in [6, 6.07) is 11.6. The molecule has 6 heteroatoms. The van der Waals surface area contributed by atoms with E-state index in [1.165, 1.54) is 16.9 Å². The fraction of sp³-hybridized carbons (Fsp3) is 0.368. The summed E-state index contributed by atoms with van der Waals surface area (Å²) in [6.45, 7) is 6.08. The molecule has 2 aromatic rings. The molecule has 0 amide bonds. The third kappa shape index (κ3) is 3.32. The average molecular weight is 361 g/mol. The lowest BCUT2D eigenvalue weighted by Gasteiger charge is -2.37. The molecule has 2 N–H and O–H groups in total. The van der Waals surface area contributed by atoms with Crippen molar-refractivity contribution in [3.63, 3.8) is 0 Å². The van der Waals surface area contributed by atoms with Gasteiger partial charge in [-0.1, -0.05) is 29.8 Å². The fourth-order valence-corrected chi connectivity index (χ4v) is 3.85. The highest BCUT2D eigenvalue weighted by atomic mass is 35.5. The molecular weight excluding hydrogens is 339 g/mol. The smallest absolute Gasteiger partial charge is 0.146 e. The lowest BCUT2D eigenvalue weighted by molar-refractivity contribution is 0.569. The van der Waals surface area contributed by atoms with Gasteiger partial charge in [-0.3, -0.25) is 5.32 Å². The van der Waals surface area contributed by atoms with Crippen LogP contribution in [0.4, 0.5) is 15.8 Å². The molecule has 1 saturated heterocycles. The molecule has 4 rings (SSSR count). The number of hydrogen-bond donors (Lipinski definition) is 2. The molecule has 0 spiro atoms. The van der Waals surface area contributed by atoms with E-state index < -0.39 is 0 Å². The Morgan fingerprint density at radius 1 is 1.00 bits per heavy atom. The number of halogens is 2. The van der Waals surface area contributed by atoms with Gasteiger partial charge in [0.25, 0.3) is 0 Å². The maximum atomic E-state index is 14.3. The molecule has 0 unspecified atom stereocenters. The molecule has 132 valence electrons. The zero-order valence-corrected chi connectivity index (χ0v) is 14.8. The lowest BCUT2D eigenvalue weighted by atomic mass is 10.0. The summed E-state index contributed by atoms with van der Waals surface area (Å²) in [6.07, 6.45) is 0. The monoisotopic (exact) mass is 360 g/mol. The Morgan fingerprint density at radius 2 is 1.76 bits per heavy atom. The van der Waals surface area contributed by atoms with Crippen LogP contribution in [0.25, 0.3) is 0 Å². The van der Waals surface area contributed by atoms with Gasteiger partial charge in [0.15, 0.2) is 0 Å². The number of nitrogens with zero attached hydrogens (tertiary/aromatic N) is 2. The van der Waals surface area contributed by atoms with Gasteiger partial charge in [0.2, 0.25) is 0 Å². The molecular formula is C19H22ClFN4. The summed E-state index contributed by atoms with van der Waals surface area (Å²) in [7, 11) is 0. The highest BCUT2D eigenvalue weighted by Gasteiger charge is 2.23. The summed E-state index contributed by atoms with van der Waals surface area (Å²) >= 11 is 5.94. The van der Waals surface area contributed by atoms with Crippen molar-refractivity contribution >= 4 is 23.0 Å². The molecule has 0 aliphatic carbocycles. The van der Waals surface area contributed by atoms with Gasteiger partial charge in [-0.2, -0.15) is 0 Å². The van der Waals surface area contributed by atoms with Crippen LogP contribution in [0.15, 0.2) is 36.4 Å². The molecule has 2 heterocycles. The van der Waals surface area contributed by atoms with Crippen LogP contribution < -0.4 is 20.4 Å². The van der Waals surface area contributed by atoms with Crippen molar-refractivity contribution < 1.29 is 4.39 Å². The fourth-order valence-electron chi connectivity index (χ4n) is 3.66. The van der Waals surface area contributed by atoms with Gasteiger partial charge in [-0.15, -0.1) is 0 Å². The van der Waals surface area contributed by atoms with Crippen LogP contribution in [0.3, 0.4) is 0 Å². The lowest BCUT2D eigenvalue weighted by Crippen LogP contribution is -2.45. The van der Waals surface area contributed by atoms with E-state index in [0.717, 1.165) is 32.7 Å². The first-order chi connectivity index (χ1) is 12.2. The molecule has 0 radical (unpaired) electrons. The maximum Gasteiger partial charge on any atom is 0.146 e. The standard InChI is InChI=1S/C19H22ClFN4/c20-16-4-1-3-14(19(16)21)12-25-13-23-11-15-17(5-2-6-18(15)25)24-9-7-22-8-10-24/h1-6,22-23H,7-13H2. The Hall–Kier alpha value is -1.82. The van der Waals surface area contributed by atoms with Crippen molar-refractivity contribution in [2.24, 2.45) is 0 Å². The molecule has 2 aromatic carbocycles. The Morgan fingerprint density at radius 3 is 2.60 bits per heavy atom. The van der Waals surface area contributed by atoms with E-state index >= 15 is 0 Å².